The quantitative estimate of drug-likeness (QED) is 0.480. The minimum atomic E-state index is -1.05. The molecule has 164 valence electrons. The monoisotopic (exact) mass is 440 g/mol. The van der Waals surface area contributed by atoms with Gasteiger partial charge in [0.05, 0.1) is 29.4 Å². The van der Waals surface area contributed by atoms with Crippen LogP contribution in [0.5, 0.6) is 11.5 Å². The van der Waals surface area contributed by atoms with Crippen molar-refractivity contribution in [2.45, 2.75) is 26.0 Å². The third-order valence-corrected chi connectivity index (χ3v) is 5.03. The molecule has 0 aliphatic carbocycles. The molecule has 1 N–H and O–H groups in total. The minimum Gasteiger partial charge on any atom is -0.457 e. The van der Waals surface area contributed by atoms with Crippen molar-refractivity contribution in [3.8, 4) is 11.5 Å². The smallest absolute Gasteiger partial charge is 0.280 e. The second kappa shape index (κ2) is 8.12. The maximum Gasteiger partial charge on any atom is 0.280 e. The maximum atomic E-state index is 14.1. The summed E-state index contributed by atoms with van der Waals surface area (Å²) in [5, 5.41) is 10.4. The Hall–Kier alpha value is -3.65. The summed E-state index contributed by atoms with van der Waals surface area (Å²) in [5.41, 5.74) is -0.895. The summed E-state index contributed by atoms with van der Waals surface area (Å²) in [7, 11) is 0. The molecule has 8 heteroatoms. The maximum absolute atomic E-state index is 14.1. The van der Waals surface area contributed by atoms with Crippen LogP contribution < -0.4 is 10.3 Å². The van der Waals surface area contributed by atoms with Gasteiger partial charge in [0.15, 0.2) is 0 Å². The Morgan fingerprint density at radius 1 is 1.00 bits per heavy atom. The standard InChI is InChI=1S/C24H19F3N2O3/c1-24(2,31)14-4-3-5-16(8-14)32-17-6-7-22-18(11-17)23(30)28-13-29(22)12-19-20(26)9-15(25)10-21(19)27/h3-11,13,31H,12H2,1-2H3. The molecule has 0 amide bonds. The number of benzene rings is 3. The van der Waals surface area contributed by atoms with Gasteiger partial charge >= 0.3 is 0 Å². The first kappa shape index (κ1) is 21.6. The summed E-state index contributed by atoms with van der Waals surface area (Å²) in [5.74, 6) is -2.26. The van der Waals surface area contributed by atoms with Crippen molar-refractivity contribution < 1.29 is 23.0 Å². The third-order valence-electron chi connectivity index (χ3n) is 5.03. The molecule has 1 heterocycles. The van der Waals surface area contributed by atoms with E-state index in [0.717, 1.165) is 0 Å². The number of aromatic nitrogens is 2. The van der Waals surface area contributed by atoms with Crippen molar-refractivity contribution in [1.82, 2.24) is 9.55 Å². The fourth-order valence-electron chi connectivity index (χ4n) is 3.35. The van der Waals surface area contributed by atoms with E-state index in [1.807, 2.05) is 0 Å². The molecule has 32 heavy (non-hydrogen) atoms. The SMILES string of the molecule is CC(C)(O)c1cccc(Oc2ccc3c(c2)c(=O)ncn3Cc2c(F)cc(F)cc2F)c1. The molecule has 0 atom stereocenters. The summed E-state index contributed by atoms with van der Waals surface area (Å²) >= 11 is 0. The van der Waals surface area contributed by atoms with Crippen molar-refractivity contribution >= 4 is 10.9 Å². The summed E-state index contributed by atoms with van der Waals surface area (Å²) in [4.78, 5) is 16.1. The Morgan fingerprint density at radius 3 is 2.38 bits per heavy atom. The van der Waals surface area contributed by atoms with E-state index >= 15 is 0 Å². The van der Waals surface area contributed by atoms with Gasteiger partial charge in [0.2, 0.25) is 0 Å². The van der Waals surface area contributed by atoms with Crippen LogP contribution in [-0.4, -0.2) is 14.7 Å². The Balaban J connectivity index is 1.70. The summed E-state index contributed by atoms with van der Waals surface area (Å²) in [6.45, 7) is 3.03. The fraction of sp³-hybridized carbons (Fsp3) is 0.167. The lowest BCUT2D eigenvalue weighted by atomic mass is 9.98. The van der Waals surface area contributed by atoms with E-state index in [1.165, 1.54) is 17.0 Å². The first-order valence-electron chi connectivity index (χ1n) is 9.75. The molecule has 0 radical (unpaired) electrons. The van der Waals surface area contributed by atoms with Crippen LogP contribution in [0, 0.1) is 17.5 Å². The molecule has 0 fully saturated rings. The van der Waals surface area contributed by atoms with Gasteiger partial charge in [0.25, 0.3) is 5.56 Å². The lowest BCUT2D eigenvalue weighted by molar-refractivity contribution is 0.0784. The van der Waals surface area contributed by atoms with Gasteiger partial charge < -0.3 is 14.4 Å². The highest BCUT2D eigenvalue weighted by Gasteiger charge is 2.17. The van der Waals surface area contributed by atoms with E-state index in [2.05, 4.69) is 4.98 Å². The molecule has 5 nitrogen and oxygen atoms in total. The molecule has 0 saturated heterocycles. The van der Waals surface area contributed by atoms with E-state index in [-0.39, 0.29) is 17.5 Å². The number of hydrogen-bond acceptors (Lipinski definition) is 4. The van der Waals surface area contributed by atoms with Crippen LogP contribution in [0.2, 0.25) is 0 Å². The summed E-state index contributed by atoms with van der Waals surface area (Å²) in [6.07, 6.45) is 1.18. The number of rotatable bonds is 5. The predicted molar refractivity (Wildman–Crippen MR) is 113 cm³/mol. The highest BCUT2D eigenvalue weighted by atomic mass is 19.1. The van der Waals surface area contributed by atoms with Crippen molar-refractivity contribution in [3.05, 3.63) is 99.9 Å². The lowest BCUT2D eigenvalue weighted by Gasteiger charge is -2.18. The Bertz CT molecular complexity index is 1350. The largest absolute Gasteiger partial charge is 0.457 e. The molecule has 3 aromatic carbocycles. The highest BCUT2D eigenvalue weighted by Crippen LogP contribution is 2.28. The molecule has 0 spiro atoms. The second-order valence-corrected chi connectivity index (χ2v) is 7.89. The molecule has 0 unspecified atom stereocenters. The Kier molecular flexibility index (Phi) is 5.48. The molecule has 0 aliphatic rings. The molecule has 4 aromatic rings. The molecule has 0 saturated carbocycles. The fourth-order valence-corrected chi connectivity index (χ4v) is 3.35. The molecule has 0 bridgehead atoms. The van der Waals surface area contributed by atoms with Crippen LogP contribution in [0.4, 0.5) is 13.2 Å². The van der Waals surface area contributed by atoms with Gasteiger partial charge in [-0.2, -0.15) is 4.98 Å². The van der Waals surface area contributed by atoms with Crippen LogP contribution in [0.1, 0.15) is 25.0 Å². The third kappa shape index (κ3) is 4.36. The molecule has 4 rings (SSSR count). The molecular weight excluding hydrogens is 421 g/mol. The van der Waals surface area contributed by atoms with Crippen LogP contribution in [0.3, 0.4) is 0 Å². The number of ether oxygens (including phenoxy) is 1. The number of fused-ring (bicyclic) bond motifs is 1. The predicted octanol–water partition coefficient (Wildman–Crippen LogP) is 4.88. The number of halogens is 3. The van der Waals surface area contributed by atoms with Crippen LogP contribution in [0.25, 0.3) is 10.9 Å². The van der Waals surface area contributed by atoms with Gasteiger partial charge in [0, 0.05) is 17.7 Å². The first-order valence-corrected chi connectivity index (χ1v) is 9.75. The van der Waals surface area contributed by atoms with Crippen LogP contribution in [0.15, 0.2) is 65.7 Å². The zero-order valence-electron chi connectivity index (χ0n) is 17.3. The van der Waals surface area contributed by atoms with Crippen molar-refractivity contribution in [3.63, 3.8) is 0 Å². The first-order chi connectivity index (χ1) is 15.1. The average molecular weight is 440 g/mol. The van der Waals surface area contributed by atoms with E-state index in [9.17, 15) is 23.1 Å². The van der Waals surface area contributed by atoms with Gasteiger partial charge in [-0.3, -0.25) is 4.79 Å². The van der Waals surface area contributed by atoms with Crippen LogP contribution in [-0.2, 0) is 12.1 Å². The topological polar surface area (TPSA) is 64.3 Å². The number of nitrogens with zero attached hydrogens (tertiary/aromatic N) is 2. The van der Waals surface area contributed by atoms with E-state index in [0.29, 0.717) is 34.7 Å². The van der Waals surface area contributed by atoms with E-state index in [4.69, 9.17) is 4.74 Å². The lowest BCUT2D eigenvalue weighted by Crippen LogP contribution is -2.15. The Labute approximate surface area is 181 Å². The van der Waals surface area contributed by atoms with Crippen molar-refractivity contribution in [2.24, 2.45) is 0 Å². The molecule has 0 aliphatic heterocycles. The van der Waals surface area contributed by atoms with Crippen LogP contribution >= 0.6 is 0 Å². The van der Waals surface area contributed by atoms with Gasteiger partial charge in [0.1, 0.15) is 29.0 Å². The van der Waals surface area contributed by atoms with Crippen molar-refractivity contribution in [2.75, 3.05) is 0 Å². The minimum absolute atomic E-state index is 0.187. The highest BCUT2D eigenvalue weighted by molar-refractivity contribution is 5.79. The van der Waals surface area contributed by atoms with Gasteiger partial charge in [-0.25, -0.2) is 13.2 Å². The average Bonchev–Trinajstić information content (AvgIpc) is 2.72. The summed E-state index contributed by atoms with van der Waals surface area (Å²) in [6, 6.07) is 12.8. The van der Waals surface area contributed by atoms with Gasteiger partial charge in [-0.1, -0.05) is 12.1 Å². The second-order valence-electron chi connectivity index (χ2n) is 7.89. The molecule has 1 aromatic heterocycles. The zero-order valence-corrected chi connectivity index (χ0v) is 17.3. The molecular formula is C24H19F3N2O3. The van der Waals surface area contributed by atoms with Crippen molar-refractivity contribution in [1.29, 1.82) is 0 Å². The van der Waals surface area contributed by atoms with Gasteiger partial charge in [-0.05, 0) is 49.7 Å². The number of aliphatic hydroxyl groups is 1. The Morgan fingerprint density at radius 2 is 1.69 bits per heavy atom. The zero-order chi connectivity index (χ0) is 23.0. The van der Waals surface area contributed by atoms with E-state index < -0.39 is 28.6 Å². The summed E-state index contributed by atoms with van der Waals surface area (Å²) < 4.78 is 48.6. The normalized spacial score (nSPS) is 11.7. The van der Waals surface area contributed by atoms with E-state index in [1.54, 1.807) is 50.2 Å². The number of hydrogen-bond donors (Lipinski definition) is 1. The van der Waals surface area contributed by atoms with Gasteiger partial charge in [-0.15, -0.1) is 0 Å².